The first kappa shape index (κ1) is 9.49. The second kappa shape index (κ2) is 3.13. The summed E-state index contributed by atoms with van der Waals surface area (Å²) >= 11 is 6.14. The first-order valence-electron chi connectivity index (χ1n) is 5.43. The van der Waals surface area contributed by atoms with Crippen LogP contribution in [0.3, 0.4) is 0 Å². The van der Waals surface area contributed by atoms with Gasteiger partial charge in [0, 0.05) is 18.0 Å². The minimum absolute atomic E-state index is 0.00257. The molecule has 1 heterocycles. The fourth-order valence-corrected chi connectivity index (χ4v) is 2.79. The molecule has 0 saturated heterocycles. The number of rotatable bonds is 0. The van der Waals surface area contributed by atoms with E-state index in [9.17, 15) is 0 Å². The molecule has 0 aromatic heterocycles. The lowest BCUT2D eigenvalue weighted by molar-refractivity contribution is -0.0328. The van der Waals surface area contributed by atoms with Crippen molar-refractivity contribution in [2.75, 3.05) is 0 Å². The third kappa shape index (κ3) is 1.35. The third-order valence-electron chi connectivity index (χ3n) is 3.57. The van der Waals surface area contributed by atoms with Crippen LogP contribution in [0, 0.1) is 0 Å². The van der Waals surface area contributed by atoms with Crippen molar-refractivity contribution in [1.82, 2.24) is 0 Å². The predicted octanol–water partition coefficient (Wildman–Crippen LogP) is 3.05. The van der Waals surface area contributed by atoms with Crippen LogP contribution in [0.15, 0.2) is 18.2 Å². The van der Waals surface area contributed by atoms with Crippen molar-refractivity contribution in [3.8, 4) is 5.75 Å². The molecule has 1 aromatic carbocycles. The highest BCUT2D eigenvalue weighted by Crippen LogP contribution is 2.49. The fraction of sp³-hybridized carbons (Fsp3) is 0.500. The highest BCUT2D eigenvalue weighted by atomic mass is 35.5. The summed E-state index contributed by atoms with van der Waals surface area (Å²) in [6.07, 6.45) is 4.41. The molecule has 1 aliphatic heterocycles. The van der Waals surface area contributed by atoms with E-state index in [1.54, 1.807) is 0 Å². The molecule has 2 nitrogen and oxygen atoms in total. The van der Waals surface area contributed by atoms with Gasteiger partial charge in [-0.05, 0) is 25.3 Å². The average Bonchev–Trinajstić information content (AvgIpc) is 2.17. The van der Waals surface area contributed by atoms with Crippen LogP contribution < -0.4 is 10.5 Å². The van der Waals surface area contributed by atoms with E-state index in [1.165, 1.54) is 6.42 Å². The SMILES string of the molecule is N[C@H]1CC2(CCC2)Oc2c(Cl)cccc21. The molecule has 1 aromatic rings. The maximum absolute atomic E-state index is 6.16. The fourth-order valence-electron chi connectivity index (χ4n) is 2.57. The van der Waals surface area contributed by atoms with Crippen LogP contribution >= 0.6 is 11.6 Å². The Morgan fingerprint density at radius 2 is 2.20 bits per heavy atom. The van der Waals surface area contributed by atoms with E-state index in [2.05, 4.69) is 0 Å². The number of hydrogen-bond acceptors (Lipinski definition) is 2. The quantitative estimate of drug-likeness (QED) is 0.734. The Hall–Kier alpha value is -0.730. The van der Waals surface area contributed by atoms with Crippen LogP contribution in [0.25, 0.3) is 0 Å². The van der Waals surface area contributed by atoms with Crippen molar-refractivity contribution in [3.05, 3.63) is 28.8 Å². The van der Waals surface area contributed by atoms with E-state index in [0.29, 0.717) is 5.02 Å². The van der Waals surface area contributed by atoms with E-state index in [4.69, 9.17) is 22.1 Å². The summed E-state index contributed by atoms with van der Waals surface area (Å²) in [4.78, 5) is 0. The summed E-state index contributed by atoms with van der Waals surface area (Å²) in [5, 5.41) is 0.689. The minimum Gasteiger partial charge on any atom is -0.485 e. The van der Waals surface area contributed by atoms with Crippen LogP contribution in [0.2, 0.25) is 5.02 Å². The van der Waals surface area contributed by atoms with Gasteiger partial charge in [-0.2, -0.15) is 0 Å². The molecular formula is C12H14ClNO. The third-order valence-corrected chi connectivity index (χ3v) is 3.87. The van der Waals surface area contributed by atoms with Crippen LogP contribution in [0.4, 0.5) is 0 Å². The zero-order valence-electron chi connectivity index (χ0n) is 8.50. The summed E-state index contributed by atoms with van der Waals surface area (Å²) in [6.45, 7) is 0. The summed E-state index contributed by atoms with van der Waals surface area (Å²) in [7, 11) is 0. The molecule has 3 heteroatoms. The van der Waals surface area contributed by atoms with Crippen molar-refractivity contribution in [2.24, 2.45) is 5.73 Å². The molecule has 1 aliphatic carbocycles. The van der Waals surface area contributed by atoms with Crippen molar-refractivity contribution < 1.29 is 4.74 Å². The Balaban J connectivity index is 2.05. The van der Waals surface area contributed by atoms with Gasteiger partial charge in [0.05, 0.1) is 5.02 Å². The number of para-hydroxylation sites is 1. The monoisotopic (exact) mass is 223 g/mol. The van der Waals surface area contributed by atoms with Gasteiger partial charge in [0.2, 0.25) is 0 Å². The molecule has 0 amide bonds. The second-order valence-electron chi connectivity index (χ2n) is 4.61. The first-order chi connectivity index (χ1) is 7.20. The number of nitrogens with two attached hydrogens (primary N) is 1. The normalized spacial score (nSPS) is 26.7. The van der Waals surface area contributed by atoms with Gasteiger partial charge >= 0.3 is 0 Å². The van der Waals surface area contributed by atoms with Crippen LogP contribution in [-0.4, -0.2) is 5.60 Å². The smallest absolute Gasteiger partial charge is 0.143 e. The van der Waals surface area contributed by atoms with E-state index >= 15 is 0 Å². The Bertz CT molecular complexity index is 401. The number of fused-ring (bicyclic) bond motifs is 1. The lowest BCUT2D eigenvalue weighted by Crippen LogP contribution is -2.48. The van der Waals surface area contributed by atoms with Crippen LogP contribution in [0.5, 0.6) is 5.75 Å². The first-order valence-corrected chi connectivity index (χ1v) is 5.81. The number of ether oxygens (including phenoxy) is 1. The maximum Gasteiger partial charge on any atom is 0.143 e. The van der Waals surface area contributed by atoms with Gasteiger partial charge in [0.15, 0.2) is 0 Å². The predicted molar refractivity (Wildman–Crippen MR) is 60.2 cm³/mol. The molecule has 2 N–H and O–H groups in total. The number of benzene rings is 1. The highest BCUT2D eigenvalue weighted by molar-refractivity contribution is 6.32. The molecule has 1 fully saturated rings. The Kier molecular flexibility index (Phi) is 1.98. The number of hydrogen-bond donors (Lipinski definition) is 1. The van der Waals surface area contributed by atoms with E-state index < -0.39 is 0 Å². The summed E-state index contributed by atoms with van der Waals surface area (Å²) in [6, 6.07) is 5.89. The Labute approximate surface area is 94.4 Å². The minimum atomic E-state index is -0.00257. The average molecular weight is 224 g/mol. The molecule has 1 atom stereocenters. The molecule has 0 unspecified atom stereocenters. The summed E-state index contributed by atoms with van der Waals surface area (Å²) in [5.41, 5.74) is 7.21. The van der Waals surface area contributed by atoms with Crippen molar-refractivity contribution in [2.45, 2.75) is 37.3 Å². The van der Waals surface area contributed by atoms with Gasteiger partial charge in [-0.25, -0.2) is 0 Å². The molecule has 80 valence electrons. The second-order valence-corrected chi connectivity index (χ2v) is 5.01. The van der Waals surface area contributed by atoms with Gasteiger partial charge in [-0.3, -0.25) is 0 Å². The zero-order chi connectivity index (χ0) is 10.5. The van der Waals surface area contributed by atoms with Gasteiger partial charge in [0.25, 0.3) is 0 Å². The van der Waals surface area contributed by atoms with Crippen molar-refractivity contribution in [3.63, 3.8) is 0 Å². The molecule has 15 heavy (non-hydrogen) atoms. The highest BCUT2D eigenvalue weighted by Gasteiger charge is 2.45. The molecule has 0 radical (unpaired) electrons. The van der Waals surface area contributed by atoms with Crippen molar-refractivity contribution >= 4 is 11.6 Å². The lowest BCUT2D eigenvalue weighted by Gasteiger charge is -2.47. The zero-order valence-corrected chi connectivity index (χ0v) is 9.26. The van der Waals surface area contributed by atoms with E-state index in [1.807, 2.05) is 18.2 Å². The lowest BCUT2D eigenvalue weighted by atomic mass is 9.73. The largest absolute Gasteiger partial charge is 0.485 e. The Morgan fingerprint density at radius 1 is 1.40 bits per heavy atom. The van der Waals surface area contributed by atoms with Crippen LogP contribution in [-0.2, 0) is 0 Å². The van der Waals surface area contributed by atoms with Crippen LogP contribution in [0.1, 0.15) is 37.3 Å². The molecule has 1 saturated carbocycles. The van der Waals surface area contributed by atoms with E-state index in [0.717, 1.165) is 30.6 Å². The Morgan fingerprint density at radius 3 is 2.87 bits per heavy atom. The topological polar surface area (TPSA) is 35.2 Å². The molecule has 1 spiro atoms. The number of halogens is 1. The molecule has 2 aliphatic rings. The van der Waals surface area contributed by atoms with Crippen molar-refractivity contribution in [1.29, 1.82) is 0 Å². The van der Waals surface area contributed by atoms with Gasteiger partial charge in [0.1, 0.15) is 11.4 Å². The van der Waals surface area contributed by atoms with Gasteiger partial charge < -0.3 is 10.5 Å². The van der Waals surface area contributed by atoms with E-state index in [-0.39, 0.29) is 11.6 Å². The standard InChI is InChI=1S/C12H14ClNO/c13-9-4-1-3-8-10(14)7-12(5-2-6-12)15-11(8)9/h1,3-4,10H,2,5-7,14H2/t10-/m0/s1. The summed E-state index contributed by atoms with van der Waals surface area (Å²) in [5.74, 6) is 0.817. The van der Waals surface area contributed by atoms with Gasteiger partial charge in [-0.15, -0.1) is 0 Å². The molecule has 3 rings (SSSR count). The maximum atomic E-state index is 6.16. The summed E-state index contributed by atoms with van der Waals surface area (Å²) < 4.78 is 6.04. The van der Waals surface area contributed by atoms with Gasteiger partial charge in [-0.1, -0.05) is 23.7 Å². The molecular weight excluding hydrogens is 210 g/mol. The molecule has 0 bridgehead atoms.